The summed E-state index contributed by atoms with van der Waals surface area (Å²) in [7, 11) is 0. The molecule has 1 aromatic carbocycles. The largest absolute Gasteiger partial charge is 0.0683 e. The number of hydrogen-bond acceptors (Lipinski definition) is 0. The monoisotopic (exact) mass is 286 g/mol. The molecule has 0 spiro atoms. The summed E-state index contributed by atoms with van der Waals surface area (Å²) in [6, 6.07) is 9.26. The lowest BCUT2D eigenvalue weighted by atomic mass is 9.61. The van der Waals surface area contributed by atoms with E-state index >= 15 is 0 Å². The Morgan fingerprint density at radius 3 is 2.33 bits per heavy atom. The maximum atomic E-state index is 2.42. The molecule has 0 saturated heterocycles. The van der Waals surface area contributed by atoms with Gasteiger partial charge in [0.15, 0.2) is 0 Å². The van der Waals surface area contributed by atoms with Crippen molar-refractivity contribution in [1.29, 1.82) is 0 Å². The quantitative estimate of drug-likeness (QED) is 0.504. The van der Waals surface area contributed by atoms with Crippen LogP contribution in [0.2, 0.25) is 0 Å². The highest BCUT2D eigenvalue weighted by atomic mass is 14.5. The second-order valence-electron chi connectivity index (χ2n) is 6.44. The fraction of sp³-hybridized carbons (Fsp3) is 0.714. The molecule has 0 aromatic heterocycles. The van der Waals surface area contributed by atoms with E-state index in [0.717, 1.165) is 23.7 Å². The van der Waals surface area contributed by atoms with E-state index in [2.05, 4.69) is 24.3 Å². The average molecular weight is 287 g/mol. The Labute approximate surface area is 132 Å². The summed E-state index contributed by atoms with van der Waals surface area (Å²) >= 11 is 0. The van der Waals surface area contributed by atoms with Crippen LogP contribution in [0.1, 0.15) is 83.3 Å². The number of benzene rings is 1. The average Bonchev–Trinajstić information content (AvgIpc) is 3.07. The summed E-state index contributed by atoms with van der Waals surface area (Å²) in [6.07, 6.45) is 10.4. The molecule has 0 amide bonds. The van der Waals surface area contributed by atoms with Gasteiger partial charge in [0.25, 0.3) is 0 Å². The van der Waals surface area contributed by atoms with Crippen LogP contribution in [0.3, 0.4) is 0 Å². The Hall–Kier alpha value is -0.780. The molecule has 0 N–H and O–H groups in total. The van der Waals surface area contributed by atoms with E-state index in [1.807, 2.05) is 27.7 Å². The fourth-order valence-corrected chi connectivity index (χ4v) is 5.14. The first kappa shape index (κ1) is 16.6. The molecule has 0 aliphatic heterocycles. The van der Waals surface area contributed by atoms with Gasteiger partial charge in [-0.25, -0.2) is 0 Å². The molecule has 3 aliphatic carbocycles. The van der Waals surface area contributed by atoms with Gasteiger partial charge in [-0.05, 0) is 66.9 Å². The second kappa shape index (κ2) is 8.01. The van der Waals surface area contributed by atoms with E-state index in [0.29, 0.717) is 0 Å². The normalized spacial score (nSPS) is 32.4. The number of fused-ring (bicyclic) bond motifs is 5. The molecule has 4 atom stereocenters. The molecule has 4 rings (SSSR count). The zero-order chi connectivity index (χ0) is 15.2. The minimum atomic E-state index is 0.916. The summed E-state index contributed by atoms with van der Waals surface area (Å²) in [5, 5.41) is 0. The molecule has 2 saturated carbocycles. The maximum absolute atomic E-state index is 2.42. The molecule has 3 aliphatic rings. The van der Waals surface area contributed by atoms with Crippen molar-refractivity contribution in [3.63, 3.8) is 0 Å². The van der Waals surface area contributed by atoms with Gasteiger partial charge in [0.1, 0.15) is 0 Å². The van der Waals surface area contributed by atoms with E-state index in [1.165, 1.54) is 44.9 Å². The molecule has 118 valence electrons. The van der Waals surface area contributed by atoms with Crippen molar-refractivity contribution in [3.8, 4) is 0 Å². The van der Waals surface area contributed by atoms with Crippen LogP contribution in [-0.2, 0) is 6.42 Å². The van der Waals surface area contributed by atoms with E-state index in [1.54, 1.807) is 11.1 Å². The second-order valence-corrected chi connectivity index (χ2v) is 6.44. The summed E-state index contributed by atoms with van der Waals surface area (Å²) in [4.78, 5) is 0. The Bertz CT molecular complexity index is 420. The minimum Gasteiger partial charge on any atom is -0.0683 e. The molecule has 21 heavy (non-hydrogen) atoms. The first-order valence-electron chi connectivity index (χ1n) is 9.51. The third kappa shape index (κ3) is 3.20. The third-order valence-electron chi connectivity index (χ3n) is 5.83. The molecule has 2 fully saturated rings. The minimum absolute atomic E-state index is 0.916. The van der Waals surface area contributed by atoms with E-state index in [9.17, 15) is 0 Å². The first-order chi connectivity index (χ1) is 10.4. The van der Waals surface area contributed by atoms with Gasteiger partial charge in [0, 0.05) is 0 Å². The Kier molecular flexibility index (Phi) is 6.33. The van der Waals surface area contributed by atoms with Crippen LogP contribution < -0.4 is 0 Å². The van der Waals surface area contributed by atoms with Crippen molar-refractivity contribution >= 4 is 0 Å². The van der Waals surface area contributed by atoms with Crippen LogP contribution in [0.4, 0.5) is 0 Å². The molecule has 0 heterocycles. The molecule has 2 unspecified atom stereocenters. The molecule has 0 heteroatoms. The van der Waals surface area contributed by atoms with Gasteiger partial charge < -0.3 is 0 Å². The van der Waals surface area contributed by atoms with E-state index in [4.69, 9.17) is 0 Å². The summed E-state index contributed by atoms with van der Waals surface area (Å²) in [6.45, 7) is 8.00. The molecule has 0 nitrogen and oxygen atoms in total. The highest BCUT2D eigenvalue weighted by Gasteiger charge is 2.43. The van der Waals surface area contributed by atoms with Crippen molar-refractivity contribution < 1.29 is 0 Å². The van der Waals surface area contributed by atoms with Gasteiger partial charge in [-0.2, -0.15) is 0 Å². The molecular weight excluding hydrogens is 252 g/mol. The molecule has 0 radical (unpaired) electrons. The maximum Gasteiger partial charge on any atom is -0.0128 e. The van der Waals surface area contributed by atoms with E-state index in [-0.39, 0.29) is 0 Å². The molecule has 0 bridgehead atoms. The van der Waals surface area contributed by atoms with Crippen molar-refractivity contribution in [2.45, 2.75) is 78.6 Å². The van der Waals surface area contributed by atoms with Crippen molar-refractivity contribution in [2.24, 2.45) is 17.8 Å². The smallest absolute Gasteiger partial charge is 0.0128 e. The van der Waals surface area contributed by atoms with Gasteiger partial charge in [-0.1, -0.05) is 64.8 Å². The van der Waals surface area contributed by atoms with Crippen LogP contribution in [0, 0.1) is 17.8 Å². The number of rotatable bonds is 0. The third-order valence-corrected chi connectivity index (χ3v) is 5.83. The Morgan fingerprint density at radius 1 is 0.762 bits per heavy atom. The lowest BCUT2D eigenvalue weighted by Gasteiger charge is -2.44. The predicted molar refractivity (Wildman–Crippen MR) is 93.8 cm³/mol. The molecular formula is C21H34. The van der Waals surface area contributed by atoms with Crippen LogP contribution in [0.5, 0.6) is 0 Å². The SMILES string of the molecule is CC.CC.c1ccc2c(c1)CC[C@@H]1C2CC[C@@H]2CCCC21. The molecule has 1 aromatic rings. The van der Waals surface area contributed by atoms with E-state index < -0.39 is 0 Å². The highest BCUT2D eigenvalue weighted by Crippen LogP contribution is 2.54. The summed E-state index contributed by atoms with van der Waals surface area (Å²) in [5.74, 6) is 4.13. The van der Waals surface area contributed by atoms with Crippen LogP contribution in [0.25, 0.3) is 0 Å². The topological polar surface area (TPSA) is 0 Å². The standard InChI is InChI=1S/C17H22.2C2H6/c1-2-6-14-12(4-1)8-10-17-15-7-3-5-13(15)9-11-16(14)17;2*1-2/h1-2,4,6,13,15-17H,3,5,7-11H2;2*1-2H3/t13-,15?,16?,17-;;/m0../s1. The lowest BCUT2D eigenvalue weighted by Crippen LogP contribution is -2.33. The van der Waals surface area contributed by atoms with Gasteiger partial charge in [0.05, 0.1) is 0 Å². The van der Waals surface area contributed by atoms with Gasteiger partial charge in [-0.3, -0.25) is 0 Å². The first-order valence-corrected chi connectivity index (χ1v) is 9.51. The summed E-state index contributed by atoms with van der Waals surface area (Å²) in [5.41, 5.74) is 3.37. The van der Waals surface area contributed by atoms with Crippen LogP contribution in [-0.4, -0.2) is 0 Å². The van der Waals surface area contributed by atoms with Crippen molar-refractivity contribution in [3.05, 3.63) is 35.4 Å². The predicted octanol–water partition coefficient (Wildman–Crippen LogP) is 6.60. The highest BCUT2D eigenvalue weighted by molar-refractivity contribution is 5.34. The fourth-order valence-electron chi connectivity index (χ4n) is 5.14. The zero-order valence-electron chi connectivity index (χ0n) is 14.6. The zero-order valence-corrected chi connectivity index (χ0v) is 14.6. The summed E-state index contributed by atoms with van der Waals surface area (Å²) < 4.78 is 0. The van der Waals surface area contributed by atoms with Gasteiger partial charge in [0.2, 0.25) is 0 Å². The van der Waals surface area contributed by atoms with Gasteiger partial charge >= 0.3 is 0 Å². The van der Waals surface area contributed by atoms with Crippen LogP contribution >= 0.6 is 0 Å². The Morgan fingerprint density at radius 2 is 1.52 bits per heavy atom. The number of hydrogen-bond donors (Lipinski definition) is 0. The number of aryl methyl sites for hydroxylation is 1. The Balaban J connectivity index is 0.000000374. The lowest BCUT2D eigenvalue weighted by molar-refractivity contribution is 0.137. The van der Waals surface area contributed by atoms with Crippen LogP contribution in [0.15, 0.2) is 24.3 Å². The van der Waals surface area contributed by atoms with Crippen molar-refractivity contribution in [2.75, 3.05) is 0 Å². The van der Waals surface area contributed by atoms with Gasteiger partial charge in [-0.15, -0.1) is 0 Å². The van der Waals surface area contributed by atoms with Crippen molar-refractivity contribution in [1.82, 2.24) is 0 Å².